The highest BCUT2D eigenvalue weighted by Gasteiger charge is 2.19. The fourth-order valence-corrected chi connectivity index (χ4v) is 2.08. The zero-order valence-electron chi connectivity index (χ0n) is 9.02. The molecule has 0 aromatic carbocycles. The van der Waals surface area contributed by atoms with Crippen LogP contribution in [0.1, 0.15) is 18.5 Å². The predicted molar refractivity (Wildman–Crippen MR) is 60.0 cm³/mol. The van der Waals surface area contributed by atoms with Gasteiger partial charge in [-0.3, -0.25) is 4.98 Å². The maximum atomic E-state index is 10.8. The fourth-order valence-electron chi connectivity index (χ4n) is 2.08. The van der Waals surface area contributed by atoms with Crippen molar-refractivity contribution >= 4 is 12.0 Å². The number of nitrogens with zero attached hydrogens (tertiary/aromatic N) is 2. The third-order valence-corrected chi connectivity index (χ3v) is 2.90. The summed E-state index contributed by atoms with van der Waals surface area (Å²) >= 11 is 0. The smallest absolute Gasteiger partial charge is 0.124 e. The van der Waals surface area contributed by atoms with Crippen LogP contribution in [0.2, 0.25) is 0 Å². The molecule has 1 aliphatic heterocycles. The molecule has 3 nitrogen and oxygen atoms in total. The molecule has 80 valence electrons. The Morgan fingerprint density at radius 1 is 1.60 bits per heavy atom. The maximum absolute atomic E-state index is 10.8. The Hall–Kier alpha value is -1.38. The number of piperidine rings is 1. The maximum Gasteiger partial charge on any atom is 0.124 e. The van der Waals surface area contributed by atoms with Gasteiger partial charge in [-0.05, 0) is 31.9 Å². The first kappa shape index (κ1) is 10.1. The summed E-state index contributed by atoms with van der Waals surface area (Å²) in [5, 5.41) is 0. The summed E-state index contributed by atoms with van der Waals surface area (Å²) in [6, 6.07) is 4.09. The van der Waals surface area contributed by atoms with Crippen LogP contribution in [-0.2, 0) is 4.79 Å². The molecule has 1 aromatic heterocycles. The minimum Gasteiger partial charge on any atom is -0.371 e. The van der Waals surface area contributed by atoms with Crippen molar-refractivity contribution in [2.24, 2.45) is 5.92 Å². The van der Waals surface area contributed by atoms with Gasteiger partial charge in [-0.1, -0.05) is 0 Å². The van der Waals surface area contributed by atoms with E-state index in [1.165, 1.54) is 5.69 Å². The Labute approximate surface area is 90.1 Å². The summed E-state index contributed by atoms with van der Waals surface area (Å²) in [5.74, 6) is 0.201. The van der Waals surface area contributed by atoms with Crippen LogP contribution in [0.3, 0.4) is 0 Å². The number of rotatable bonds is 2. The van der Waals surface area contributed by atoms with Crippen molar-refractivity contribution in [2.75, 3.05) is 18.0 Å². The standard InChI is InChI=1S/C12H16N2O/c1-10-7-12(4-5-13-10)14-6-2-3-11(8-14)9-15/h4-5,7,9,11H,2-3,6,8H2,1H3. The van der Waals surface area contributed by atoms with Crippen LogP contribution >= 0.6 is 0 Å². The van der Waals surface area contributed by atoms with E-state index in [9.17, 15) is 4.79 Å². The van der Waals surface area contributed by atoms with Crippen LogP contribution in [0.5, 0.6) is 0 Å². The third-order valence-electron chi connectivity index (χ3n) is 2.90. The van der Waals surface area contributed by atoms with Crippen molar-refractivity contribution in [1.29, 1.82) is 0 Å². The van der Waals surface area contributed by atoms with Gasteiger partial charge in [0.1, 0.15) is 6.29 Å². The fraction of sp³-hybridized carbons (Fsp3) is 0.500. The molecule has 1 aromatic rings. The molecule has 0 bridgehead atoms. The molecule has 0 aliphatic carbocycles. The van der Waals surface area contributed by atoms with E-state index in [1.807, 2.05) is 19.2 Å². The van der Waals surface area contributed by atoms with Crippen molar-refractivity contribution in [3.05, 3.63) is 24.0 Å². The zero-order valence-corrected chi connectivity index (χ0v) is 9.02. The lowest BCUT2D eigenvalue weighted by Crippen LogP contribution is -2.35. The van der Waals surface area contributed by atoms with Crippen LogP contribution in [0.4, 0.5) is 5.69 Å². The van der Waals surface area contributed by atoms with Crippen LogP contribution in [0.15, 0.2) is 18.3 Å². The van der Waals surface area contributed by atoms with Crippen LogP contribution in [0, 0.1) is 12.8 Å². The zero-order chi connectivity index (χ0) is 10.7. The van der Waals surface area contributed by atoms with Crippen molar-refractivity contribution in [2.45, 2.75) is 19.8 Å². The molecule has 3 heteroatoms. The molecule has 0 spiro atoms. The number of aldehydes is 1. The van der Waals surface area contributed by atoms with Crippen molar-refractivity contribution in [1.82, 2.24) is 4.98 Å². The van der Waals surface area contributed by atoms with Gasteiger partial charge in [-0.15, -0.1) is 0 Å². The first-order valence-electron chi connectivity index (χ1n) is 5.42. The first-order chi connectivity index (χ1) is 7.29. The van der Waals surface area contributed by atoms with E-state index in [0.29, 0.717) is 0 Å². The van der Waals surface area contributed by atoms with E-state index in [1.54, 1.807) is 0 Å². The number of aryl methyl sites for hydroxylation is 1. The molecular weight excluding hydrogens is 188 g/mol. The molecule has 0 amide bonds. The van der Waals surface area contributed by atoms with Crippen molar-refractivity contribution < 1.29 is 4.79 Å². The second-order valence-corrected chi connectivity index (χ2v) is 4.14. The lowest BCUT2D eigenvalue weighted by molar-refractivity contribution is -0.111. The highest BCUT2D eigenvalue weighted by molar-refractivity contribution is 5.57. The van der Waals surface area contributed by atoms with E-state index in [-0.39, 0.29) is 5.92 Å². The summed E-state index contributed by atoms with van der Waals surface area (Å²) < 4.78 is 0. The monoisotopic (exact) mass is 204 g/mol. The Balaban J connectivity index is 2.13. The second kappa shape index (κ2) is 4.43. The van der Waals surface area contributed by atoms with Gasteiger partial charge in [0.2, 0.25) is 0 Å². The van der Waals surface area contributed by atoms with E-state index >= 15 is 0 Å². The van der Waals surface area contributed by atoms with Gasteiger partial charge < -0.3 is 9.69 Å². The molecule has 0 radical (unpaired) electrons. The molecule has 0 N–H and O–H groups in total. The van der Waals surface area contributed by atoms with Gasteiger partial charge in [0, 0.05) is 36.6 Å². The van der Waals surface area contributed by atoms with E-state index < -0.39 is 0 Å². The summed E-state index contributed by atoms with van der Waals surface area (Å²) in [7, 11) is 0. The van der Waals surface area contributed by atoms with Crippen molar-refractivity contribution in [3.63, 3.8) is 0 Å². The molecule has 1 fully saturated rings. The number of anilines is 1. The SMILES string of the molecule is Cc1cc(N2CCCC(C=O)C2)ccn1. The summed E-state index contributed by atoms with van der Waals surface area (Å²) in [6.07, 6.45) is 5.05. The Morgan fingerprint density at radius 3 is 3.20 bits per heavy atom. The third kappa shape index (κ3) is 2.35. The molecule has 0 saturated carbocycles. The van der Waals surface area contributed by atoms with Gasteiger partial charge in [0.05, 0.1) is 0 Å². The summed E-state index contributed by atoms with van der Waals surface area (Å²) in [6.45, 7) is 3.89. The minimum absolute atomic E-state index is 0.201. The number of aromatic nitrogens is 1. The van der Waals surface area contributed by atoms with Gasteiger partial charge in [-0.2, -0.15) is 0 Å². The molecule has 2 rings (SSSR count). The highest BCUT2D eigenvalue weighted by Crippen LogP contribution is 2.22. The number of hydrogen-bond donors (Lipinski definition) is 0. The Bertz CT molecular complexity index is 351. The normalized spacial score (nSPS) is 21.4. The van der Waals surface area contributed by atoms with Gasteiger partial charge in [0.25, 0.3) is 0 Å². The summed E-state index contributed by atoms with van der Waals surface area (Å²) in [4.78, 5) is 17.2. The van der Waals surface area contributed by atoms with Crippen LogP contribution in [0.25, 0.3) is 0 Å². The minimum atomic E-state index is 0.201. The Kier molecular flexibility index (Phi) is 2.99. The lowest BCUT2D eigenvalue weighted by atomic mass is 9.99. The molecule has 1 atom stereocenters. The number of pyridine rings is 1. The molecule has 1 aliphatic rings. The van der Waals surface area contributed by atoms with Gasteiger partial charge >= 0.3 is 0 Å². The average molecular weight is 204 g/mol. The van der Waals surface area contributed by atoms with Crippen LogP contribution < -0.4 is 4.90 Å². The van der Waals surface area contributed by atoms with E-state index in [4.69, 9.17) is 0 Å². The largest absolute Gasteiger partial charge is 0.371 e. The van der Waals surface area contributed by atoms with Crippen molar-refractivity contribution in [3.8, 4) is 0 Å². The Morgan fingerprint density at radius 2 is 2.47 bits per heavy atom. The number of carbonyl (C=O) groups excluding carboxylic acids is 1. The molecular formula is C12H16N2O. The predicted octanol–water partition coefficient (Wildman–Crippen LogP) is 1.81. The van der Waals surface area contributed by atoms with E-state index in [0.717, 1.165) is 37.9 Å². The van der Waals surface area contributed by atoms with Gasteiger partial charge in [0.15, 0.2) is 0 Å². The number of hydrogen-bond acceptors (Lipinski definition) is 3. The topological polar surface area (TPSA) is 33.2 Å². The molecule has 15 heavy (non-hydrogen) atoms. The number of carbonyl (C=O) groups is 1. The average Bonchev–Trinajstić information content (AvgIpc) is 2.29. The molecule has 1 unspecified atom stereocenters. The van der Waals surface area contributed by atoms with E-state index in [2.05, 4.69) is 16.0 Å². The van der Waals surface area contributed by atoms with Gasteiger partial charge in [-0.25, -0.2) is 0 Å². The first-order valence-corrected chi connectivity index (χ1v) is 5.42. The second-order valence-electron chi connectivity index (χ2n) is 4.14. The van der Waals surface area contributed by atoms with Crippen LogP contribution in [-0.4, -0.2) is 24.4 Å². The summed E-state index contributed by atoms with van der Waals surface area (Å²) in [5.41, 5.74) is 2.22. The molecule has 1 saturated heterocycles. The highest BCUT2D eigenvalue weighted by atomic mass is 16.1. The lowest BCUT2D eigenvalue weighted by Gasteiger charge is -2.32. The molecule has 2 heterocycles. The quantitative estimate of drug-likeness (QED) is 0.689.